The van der Waals surface area contributed by atoms with Crippen molar-refractivity contribution in [2.45, 2.75) is 6.42 Å². The second kappa shape index (κ2) is 10.4. The van der Waals surface area contributed by atoms with Crippen LogP contribution >= 0.6 is 0 Å². The zero-order valence-electron chi connectivity index (χ0n) is 17.0. The fourth-order valence-electron chi connectivity index (χ4n) is 3.16. The lowest BCUT2D eigenvalue weighted by Crippen LogP contribution is -2.51. The summed E-state index contributed by atoms with van der Waals surface area (Å²) in [6.07, 6.45) is 0.208. The third kappa shape index (κ3) is 5.56. The Morgan fingerprint density at radius 3 is 2.03 bits per heavy atom. The SMILES string of the molecule is COc1ccccc1OCC(=O)N1CCN(C(=O)CCOc2ccccc2O)CC1. The number of hydrogen-bond acceptors (Lipinski definition) is 6. The van der Waals surface area contributed by atoms with E-state index in [1.807, 2.05) is 12.1 Å². The molecule has 0 unspecified atom stereocenters. The van der Waals surface area contributed by atoms with Crippen LogP contribution < -0.4 is 14.2 Å². The third-order valence-electron chi connectivity index (χ3n) is 4.84. The van der Waals surface area contributed by atoms with Crippen molar-refractivity contribution in [3.05, 3.63) is 48.5 Å². The molecule has 160 valence electrons. The Balaban J connectivity index is 1.39. The summed E-state index contributed by atoms with van der Waals surface area (Å²) < 4.78 is 16.3. The van der Waals surface area contributed by atoms with Crippen molar-refractivity contribution >= 4 is 11.8 Å². The fraction of sp³-hybridized carbons (Fsp3) is 0.364. The van der Waals surface area contributed by atoms with Gasteiger partial charge in [0.15, 0.2) is 29.6 Å². The molecule has 0 saturated carbocycles. The first-order valence-electron chi connectivity index (χ1n) is 9.80. The van der Waals surface area contributed by atoms with Gasteiger partial charge in [-0.25, -0.2) is 0 Å². The van der Waals surface area contributed by atoms with Crippen molar-refractivity contribution in [2.75, 3.05) is 46.5 Å². The molecule has 0 bridgehead atoms. The van der Waals surface area contributed by atoms with Gasteiger partial charge in [-0.3, -0.25) is 9.59 Å². The van der Waals surface area contributed by atoms with Gasteiger partial charge in [0.1, 0.15) is 0 Å². The van der Waals surface area contributed by atoms with E-state index in [-0.39, 0.29) is 37.2 Å². The number of benzene rings is 2. The summed E-state index contributed by atoms with van der Waals surface area (Å²) in [4.78, 5) is 28.2. The van der Waals surface area contributed by atoms with Crippen molar-refractivity contribution in [3.8, 4) is 23.0 Å². The molecule has 1 aliphatic rings. The first kappa shape index (κ1) is 21.3. The van der Waals surface area contributed by atoms with Crippen molar-refractivity contribution in [1.29, 1.82) is 0 Å². The maximum absolute atomic E-state index is 12.4. The second-order valence-electron chi connectivity index (χ2n) is 6.77. The van der Waals surface area contributed by atoms with Crippen LogP contribution in [0.4, 0.5) is 0 Å². The molecule has 0 radical (unpaired) electrons. The number of amides is 2. The lowest BCUT2D eigenvalue weighted by atomic mass is 10.2. The minimum absolute atomic E-state index is 0.0391. The minimum Gasteiger partial charge on any atom is -0.504 e. The molecule has 1 heterocycles. The molecule has 1 N–H and O–H groups in total. The van der Waals surface area contributed by atoms with E-state index >= 15 is 0 Å². The number of methoxy groups -OCH3 is 1. The van der Waals surface area contributed by atoms with Crippen LogP contribution in [0.1, 0.15) is 6.42 Å². The molecule has 0 aromatic heterocycles. The molecule has 1 fully saturated rings. The van der Waals surface area contributed by atoms with Gasteiger partial charge in [-0.05, 0) is 24.3 Å². The molecular weight excluding hydrogens is 388 g/mol. The second-order valence-corrected chi connectivity index (χ2v) is 6.77. The quantitative estimate of drug-likeness (QED) is 0.710. The standard InChI is InChI=1S/C22H26N2O6/c1-28-19-8-4-5-9-20(19)30-16-22(27)24-13-11-23(12-14-24)21(26)10-15-29-18-7-3-2-6-17(18)25/h2-9,25H,10-16H2,1H3. The highest BCUT2D eigenvalue weighted by atomic mass is 16.5. The first-order valence-corrected chi connectivity index (χ1v) is 9.80. The van der Waals surface area contributed by atoms with Gasteiger partial charge in [0, 0.05) is 26.2 Å². The average molecular weight is 414 g/mol. The maximum atomic E-state index is 12.4. The van der Waals surface area contributed by atoms with E-state index in [9.17, 15) is 14.7 Å². The molecule has 2 aromatic rings. The van der Waals surface area contributed by atoms with Crippen LogP contribution in [0.5, 0.6) is 23.0 Å². The summed E-state index contributed by atoms with van der Waals surface area (Å²) in [5.74, 6) is 1.33. The van der Waals surface area contributed by atoms with Crippen LogP contribution in [0.3, 0.4) is 0 Å². The lowest BCUT2D eigenvalue weighted by molar-refractivity contribution is -0.141. The zero-order valence-corrected chi connectivity index (χ0v) is 17.0. The average Bonchev–Trinajstić information content (AvgIpc) is 2.79. The van der Waals surface area contributed by atoms with E-state index in [1.54, 1.807) is 47.2 Å². The molecule has 0 atom stereocenters. The Hall–Kier alpha value is -3.42. The summed E-state index contributed by atoms with van der Waals surface area (Å²) in [6.45, 7) is 1.96. The third-order valence-corrected chi connectivity index (χ3v) is 4.84. The van der Waals surface area contributed by atoms with Crippen molar-refractivity contribution < 1.29 is 28.9 Å². The van der Waals surface area contributed by atoms with Crippen LogP contribution in [0.25, 0.3) is 0 Å². The summed E-state index contributed by atoms with van der Waals surface area (Å²) >= 11 is 0. The van der Waals surface area contributed by atoms with Gasteiger partial charge in [-0.2, -0.15) is 0 Å². The Kier molecular flexibility index (Phi) is 7.37. The van der Waals surface area contributed by atoms with Crippen molar-refractivity contribution in [2.24, 2.45) is 0 Å². The van der Waals surface area contributed by atoms with E-state index in [0.717, 1.165) is 0 Å². The smallest absolute Gasteiger partial charge is 0.260 e. The highest BCUT2D eigenvalue weighted by Crippen LogP contribution is 2.26. The van der Waals surface area contributed by atoms with Gasteiger partial charge in [0.2, 0.25) is 5.91 Å². The van der Waals surface area contributed by atoms with Crippen LogP contribution in [-0.4, -0.2) is 73.2 Å². The predicted octanol–water partition coefficient (Wildman–Crippen LogP) is 1.92. The number of piperazine rings is 1. The normalized spacial score (nSPS) is 13.6. The Morgan fingerprint density at radius 2 is 1.40 bits per heavy atom. The predicted molar refractivity (Wildman–Crippen MR) is 110 cm³/mol. The van der Waals surface area contributed by atoms with Gasteiger partial charge >= 0.3 is 0 Å². The zero-order chi connectivity index (χ0) is 21.3. The Bertz CT molecular complexity index is 864. The summed E-state index contributed by atoms with van der Waals surface area (Å²) in [5.41, 5.74) is 0. The van der Waals surface area contributed by atoms with Crippen molar-refractivity contribution in [3.63, 3.8) is 0 Å². The van der Waals surface area contributed by atoms with Gasteiger partial charge in [0.05, 0.1) is 20.1 Å². The van der Waals surface area contributed by atoms with Gasteiger partial charge in [-0.15, -0.1) is 0 Å². The monoisotopic (exact) mass is 414 g/mol. The van der Waals surface area contributed by atoms with Gasteiger partial charge < -0.3 is 29.1 Å². The number of hydrogen-bond donors (Lipinski definition) is 1. The van der Waals surface area contributed by atoms with Gasteiger partial charge in [0.25, 0.3) is 5.91 Å². The maximum Gasteiger partial charge on any atom is 0.260 e. The molecule has 1 aliphatic heterocycles. The van der Waals surface area contributed by atoms with E-state index < -0.39 is 0 Å². The minimum atomic E-state index is -0.129. The lowest BCUT2D eigenvalue weighted by Gasteiger charge is -2.34. The molecule has 8 nitrogen and oxygen atoms in total. The number of ether oxygens (including phenoxy) is 3. The number of nitrogens with zero attached hydrogens (tertiary/aromatic N) is 2. The molecule has 0 aliphatic carbocycles. The van der Waals surface area contributed by atoms with Gasteiger partial charge in [-0.1, -0.05) is 24.3 Å². The van der Waals surface area contributed by atoms with Crippen LogP contribution in [-0.2, 0) is 9.59 Å². The first-order chi connectivity index (χ1) is 14.6. The fourth-order valence-corrected chi connectivity index (χ4v) is 3.16. The number of aromatic hydroxyl groups is 1. The largest absolute Gasteiger partial charge is 0.504 e. The number of para-hydroxylation sites is 4. The molecular formula is C22H26N2O6. The molecule has 3 rings (SSSR count). The molecule has 8 heteroatoms. The highest BCUT2D eigenvalue weighted by Gasteiger charge is 2.24. The van der Waals surface area contributed by atoms with Crippen LogP contribution in [0.15, 0.2) is 48.5 Å². The summed E-state index contributed by atoms with van der Waals surface area (Å²) in [6, 6.07) is 13.8. The number of rotatable bonds is 8. The number of carbonyl (C=O) groups is 2. The van der Waals surface area contributed by atoms with E-state index in [1.165, 1.54) is 6.07 Å². The number of carbonyl (C=O) groups excluding carboxylic acids is 2. The van der Waals surface area contributed by atoms with Crippen molar-refractivity contribution in [1.82, 2.24) is 9.80 Å². The Morgan fingerprint density at radius 1 is 0.833 bits per heavy atom. The summed E-state index contributed by atoms with van der Waals surface area (Å²) in [5, 5.41) is 9.68. The topological polar surface area (TPSA) is 88.5 Å². The van der Waals surface area contributed by atoms with Crippen LogP contribution in [0, 0.1) is 0 Å². The summed E-state index contributed by atoms with van der Waals surface area (Å²) in [7, 11) is 1.55. The highest BCUT2D eigenvalue weighted by molar-refractivity contribution is 5.79. The van der Waals surface area contributed by atoms with E-state index in [4.69, 9.17) is 14.2 Å². The van der Waals surface area contributed by atoms with E-state index in [0.29, 0.717) is 43.4 Å². The molecule has 0 spiro atoms. The molecule has 30 heavy (non-hydrogen) atoms. The Labute approximate surface area is 175 Å². The molecule has 1 saturated heterocycles. The van der Waals surface area contributed by atoms with E-state index in [2.05, 4.69) is 0 Å². The number of phenols is 1. The van der Waals surface area contributed by atoms with Crippen LogP contribution in [0.2, 0.25) is 0 Å². The molecule has 2 amide bonds. The molecule has 2 aromatic carbocycles. The number of phenolic OH excluding ortho intramolecular Hbond substituents is 1.